The summed E-state index contributed by atoms with van der Waals surface area (Å²) < 4.78 is 5.25. The van der Waals surface area contributed by atoms with Crippen molar-refractivity contribution in [3.8, 4) is 0 Å². The fraction of sp³-hybridized carbons (Fsp3) is 0.625. The summed E-state index contributed by atoms with van der Waals surface area (Å²) in [7, 11) is 1.77. The van der Waals surface area contributed by atoms with Gasteiger partial charge in [-0.05, 0) is 37.3 Å². The first-order valence-corrected chi connectivity index (χ1v) is 7.35. The van der Waals surface area contributed by atoms with Gasteiger partial charge in [-0.25, -0.2) is 0 Å². The van der Waals surface area contributed by atoms with Crippen molar-refractivity contribution in [1.82, 2.24) is 0 Å². The second-order valence-electron chi connectivity index (χ2n) is 5.42. The van der Waals surface area contributed by atoms with Crippen molar-refractivity contribution < 1.29 is 4.74 Å². The van der Waals surface area contributed by atoms with Crippen LogP contribution in [0.15, 0.2) is 24.3 Å². The van der Waals surface area contributed by atoms with Crippen LogP contribution in [0.5, 0.6) is 0 Å². The zero-order valence-corrected chi connectivity index (χ0v) is 12.1. The van der Waals surface area contributed by atoms with E-state index in [9.17, 15) is 0 Å². The maximum absolute atomic E-state index is 6.12. The summed E-state index contributed by atoms with van der Waals surface area (Å²) in [5.41, 5.74) is 8.85. The molecule has 106 valence electrons. The molecule has 1 aromatic rings. The van der Waals surface area contributed by atoms with Gasteiger partial charge in [0.15, 0.2) is 0 Å². The van der Waals surface area contributed by atoms with Gasteiger partial charge in [-0.2, -0.15) is 0 Å². The Labute approximate surface area is 116 Å². The lowest BCUT2D eigenvalue weighted by Gasteiger charge is -2.27. The van der Waals surface area contributed by atoms with Crippen molar-refractivity contribution in [2.45, 2.75) is 44.7 Å². The van der Waals surface area contributed by atoms with Crippen LogP contribution in [0.4, 0.5) is 5.69 Å². The van der Waals surface area contributed by atoms with E-state index in [0.29, 0.717) is 6.04 Å². The molecule has 0 saturated heterocycles. The summed E-state index contributed by atoms with van der Waals surface area (Å²) in [6, 6.07) is 9.64. The molecule has 3 heteroatoms. The average molecular weight is 262 g/mol. The summed E-state index contributed by atoms with van der Waals surface area (Å²) in [6.45, 7) is 3.90. The first-order chi connectivity index (χ1) is 9.26. The molecule has 0 aromatic heterocycles. The predicted octanol–water partition coefficient (Wildman–Crippen LogP) is 2.58. The Hall–Kier alpha value is -1.06. The monoisotopic (exact) mass is 262 g/mol. The molecule has 1 unspecified atom stereocenters. The largest absolute Gasteiger partial charge is 0.383 e. The second-order valence-corrected chi connectivity index (χ2v) is 5.42. The van der Waals surface area contributed by atoms with Gasteiger partial charge >= 0.3 is 0 Å². The molecular weight excluding hydrogens is 236 g/mol. The molecule has 0 aliphatic heterocycles. The SMILES string of the molecule is CCC(N)Cc1ccccc1N(CCOC)C1CC1. The molecule has 2 N–H and O–H groups in total. The Morgan fingerprint density at radius 2 is 2.11 bits per heavy atom. The number of anilines is 1. The molecule has 0 amide bonds. The number of ether oxygens (including phenoxy) is 1. The number of nitrogens with two attached hydrogens (primary N) is 1. The van der Waals surface area contributed by atoms with Crippen LogP contribution in [0.3, 0.4) is 0 Å². The van der Waals surface area contributed by atoms with Gasteiger partial charge in [-0.15, -0.1) is 0 Å². The maximum atomic E-state index is 6.12. The highest BCUT2D eigenvalue weighted by Crippen LogP contribution is 2.33. The lowest BCUT2D eigenvalue weighted by Crippen LogP contribution is -2.31. The van der Waals surface area contributed by atoms with Gasteiger partial charge in [-0.3, -0.25) is 0 Å². The molecule has 1 fully saturated rings. The van der Waals surface area contributed by atoms with Crippen LogP contribution in [0.2, 0.25) is 0 Å². The number of nitrogens with zero attached hydrogens (tertiary/aromatic N) is 1. The molecule has 0 radical (unpaired) electrons. The van der Waals surface area contributed by atoms with Crippen LogP contribution in [0, 0.1) is 0 Å². The van der Waals surface area contributed by atoms with Crippen LogP contribution in [-0.2, 0) is 11.2 Å². The molecule has 19 heavy (non-hydrogen) atoms. The number of hydrogen-bond donors (Lipinski definition) is 1. The van der Waals surface area contributed by atoms with Crippen molar-refractivity contribution in [1.29, 1.82) is 0 Å². The van der Waals surface area contributed by atoms with E-state index in [0.717, 1.165) is 26.0 Å². The smallest absolute Gasteiger partial charge is 0.0637 e. The van der Waals surface area contributed by atoms with Gasteiger partial charge in [0, 0.05) is 31.4 Å². The normalized spacial score (nSPS) is 16.4. The molecule has 0 bridgehead atoms. The van der Waals surface area contributed by atoms with Gasteiger partial charge in [0.1, 0.15) is 0 Å². The van der Waals surface area contributed by atoms with Crippen molar-refractivity contribution >= 4 is 5.69 Å². The standard InChI is InChI=1S/C16H26N2O/c1-3-14(17)12-13-6-4-5-7-16(13)18(10-11-19-2)15-8-9-15/h4-7,14-15H,3,8-12,17H2,1-2H3. The minimum Gasteiger partial charge on any atom is -0.383 e. The van der Waals surface area contributed by atoms with E-state index in [2.05, 4.69) is 36.1 Å². The zero-order valence-electron chi connectivity index (χ0n) is 12.1. The van der Waals surface area contributed by atoms with E-state index in [-0.39, 0.29) is 6.04 Å². The zero-order chi connectivity index (χ0) is 13.7. The fourth-order valence-corrected chi connectivity index (χ4v) is 2.47. The number of rotatable bonds is 8. The molecule has 3 nitrogen and oxygen atoms in total. The van der Waals surface area contributed by atoms with Crippen molar-refractivity contribution in [3.63, 3.8) is 0 Å². The highest BCUT2D eigenvalue weighted by Gasteiger charge is 2.30. The molecule has 1 aromatic carbocycles. The Bertz CT molecular complexity index is 390. The molecular formula is C16H26N2O. The third-order valence-electron chi connectivity index (χ3n) is 3.83. The molecule has 0 spiro atoms. The Kier molecular flexibility index (Phi) is 5.23. The first-order valence-electron chi connectivity index (χ1n) is 7.35. The highest BCUT2D eigenvalue weighted by atomic mass is 16.5. The van der Waals surface area contributed by atoms with Gasteiger partial charge < -0.3 is 15.4 Å². The van der Waals surface area contributed by atoms with E-state index >= 15 is 0 Å². The van der Waals surface area contributed by atoms with Crippen LogP contribution in [-0.4, -0.2) is 32.3 Å². The Morgan fingerprint density at radius 1 is 1.37 bits per heavy atom. The minimum atomic E-state index is 0.254. The topological polar surface area (TPSA) is 38.5 Å². The second kappa shape index (κ2) is 6.92. The van der Waals surface area contributed by atoms with E-state index < -0.39 is 0 Å². The quantitative estimate of drug-likeness (QED) is 0.782. The lowest BCUT2D eigenvalue weighted by atomic mass is 10.0. The minimum absolute atomic E-state index is 0.254. The summed E-state index contributed by atoms with van der Waals surface area (Å²) in [6.07, 6.45) is 4.59. The van der Waals surface area contributed by atoms with Crippen molar-refractivity contribution in [2.75, 3.05) is 25.2 Å². The van der Waals surface area contributed by atoms with Crippen LogP contribution >= 0.6 is 0 Å². The number of para-hydroxylation sites is 1. The maximum Gasteiger partial charge on any atom is 0.0637 e. The van der Waals surface area contributed by atoms with E-state index in [1.165, 1.54) is 24.1 Å². The number of methoxy groups -OCH3 is 1. The summed E-state index contributed by atoms with van der Waals surface area (Å²) in [5, 5.41) is 0. The van der Waals surface area contributed by atoms with E-state index in [1.807, 2.05) is 0 Å². The lowest BCUT2D eigenvalue weighted by molar-refractivity contribution is 0.205. The van der Waals surface area contributed by atoms with Gasteiger partial charge in [-0.1, -0.05) is 25.1 Å². The third kappa shape index (κ3) is 3.95. The first kappa shape index (κ1) is 14.4. The van der Waals surface area contributed by atoms with Gasteiger partial charge in [0.25, 0.3) is 0 Å². The van der Waals surface area contributed by atoms with Crippen molar-refractivity contribution in [2.24, 2.45) is 5.73 Å². The fourth-order valence-electron chi connectivity index (χ4n) is 2.47. The molecule has 0 heterocycles. The Balaban J connectivity index is 2.15. The van der Waals surface area contributed by atoms with E-state index in [1.54, 1.807) is 7.11 Å². The predicted molar refractivity (Wildman–Crippen MR) is 80.7 cm³/mol. The van der Waals surface area contributed by atoms with Crippen LogP contribution in [0.25, 0.3) is 0 Å². The summed E-state index contributed by atoms with van der Waals surface area (Å²) >= 11 is 0. The highest BCUT2D eigenvalue weighted by molar-refractivity contribution is 5.55. The van der Waals surface area contributed by atoms with Crippen LogP contribution < -0.4 is 10.6 Å². The Morgan fingerprint density at radius 3 is 2.74 bits per heavy atom. The van der Waals surface area contributed by atoms with Gasteiger partial charge in [0.05, 0.1) is 6.61 Å². The molecule has 1 atom stereocenters. The molecule has 2 rings (SSSR count). The van der Waals surface area contributed by atoms with Crippen molar-refractivity contribution in [3.05, 3.63) is 29.8 Å². The molecule has 1 aliphatic rings. The summed E-state index contributed by atoms with van der Waals surface area (Å²) in [5.74, 6) is 0. The molecule has 1 saturated carbocycles. The third-order valence-corrected chi connectivity index (χ3v) is 3.83. The molecule has 1 aliphatic carbocycles. The van der Waals surface area contributed by atoms with Gasteiger partial charge in [0.2, 0.25) is 0 Å². The average Bonchev–Trinajstić information content (AvgIpc) is 3.25. The number of benzene rings is 1. The van der Waals surface area contributed by atoms with Crippen LogP contribution in [0.1, 0.15) is 31.7 Å². The number of hydrogen-bond acceptors (Lipinski definition) is 3. The summed E-state index contributed by atoms with van der Waals surface area (Å²) in [4.78, 5) is 2.50. The van der Waals surface area contributed by atoms with E-state index in [4.69, 9.17) is 10.5 Å².